The van der Waals surface area contributed by atoms with Gasteiger partial charge in [0.05, 0.1) is 6.61 Å². The Labute approximate surface area is 117 Å². The third kappa shape index (κ3) is 2.79. The lowest BCUT2D eigenvalue weighted by Crippen LogP contribution is -2.40. The Hall–Kier alpha value is -1.02. The summed E-state index contributed by atoms with van der Waals surface area (Å²) in [6, 6.07) is 0. The molecule has 1 aliphatic rings. The molecule has 1 unspecified atom stereocenters. The normalized spacial score (nSPS) is 21.1. The van der Waals surface area contributed by atoms with Crippen molar-refractivity contribution in [3.63, 3.8) is 0 Å². The first-order chi connectivity index (χ1) is 8.89. The van der Waals surface area contributed by atoms with E-state index >= 15 is 0 Å². The van der Waals surface area contributed by atoms with Crippen LogP contribution in [0.15, 0.2) is 0 Å². The maximum atomic E-state index is 9.43. The second-order valence-corrected chi connectivity index (χ2v) is 5.52. The summed E-state index contributed by atoms with van der Waals surface area (Å²) in [5, 5.41) is 9.43. The summed E-state index contributed by atoms with van der Waals surface area (Å²) in [6.45, 7) is 14.7. The zero-order valence-corrected chi connectivity index (χ0v) is 13.5. The van der Waals surface area contributed by atoms with Crippen LogP contribution in [0.5, 0.6) is 5.75 Å². The molecule has 1 aromatic carbocycles. The van der Waals surface area contributed by atoms with E-state index in [1.165, 1.54) is 27.8 Å². The van der Waals surface area contributed by atoms with Crippen molar-refractivity contribution in [2.45, 2.75) is 66.9 Å². The highest BCUT2D eigenvalue weighted by Gasteiger charge is 2.33. The molecule has 0 fully saturated rings. The van der Waals surface area contributed by atoms with E-state index in [0.29, 0.717) is 0 Å². The summed E-state index contributed by atoms with van der Waals surface area (Å²) in [5.74, 6) is 1.01. The Kier molecular flexibility index (Phi) is 5.03. The number of aliphatic hydroxyl groups is 1. The fourth-order valence-electron chi connectivity index (χ4n) is 2.59. The summed E-state index contributed by atoms with van der Waals surface area (Å²) >= 11 is 0. The Morgan fingerprint density at radius 3 is 2.05 bits per heavy atom. The van der Waals surface area contributed by atoms with Crippen LogP contribution in [0.1, 0.15) is 55.0 Å². The van der Waals surface area contributed by atoms with Gasteiger partial charge in [-0.25, -0.2) is 0 Å². The van der Waals surface area contributed by atoms with E-state index < -0.39 is 5.60 Å². The fraction of sp³-hybridized carbons (Fsp3) is 0.647. The van der Waals surface area contributed by atoms with Crippen molar-refractivity contribution in [2.75, 3.05) is 6.61 Å². The summed E-state index contributed by atoms with van der Waals surface area (Å²) in [4.78, 5) is 0. The number of benzene rings is 1. The lowest BCUT2D eigenvalue weighted by Gasteiger charge is -2.36. The molecule has 0 saturated heterocycles. The molecule has 2 rings (SSSR count). The van der Waals surface area contributed by atoms with Crippen molar-refractivity contribution >= 4 is 0 Å². The van der Waals surface area contributed by atoms with Gasteiger partial charge in [-0.1, -0.05) is 13.8 Å². The highest BCUT2D eigenvalue weighted by Crippen LogP contribution is 2.40. The minimum atomic E-state index is -0.411. The van der Waals surface area contributed by atoms with E-state index in [1.807, 2.05) is 20.8 Å². The third-order valence-corrected chi connectivity index (χ3v) is 4.34. The molecule has 1 aliphatic heterocycles. The quantitative estimate of drug-likeness (QED) is 0.830. The third-order valence-electron chi connectivity index (χ3n) is 4.34. The van der Waals surface area contributed by atoms with E-state index in [0.717, 1.165) is 18.6 Å². The van der Waals surface area contributed by atoms with Gasteiger partial charge < -0.3 is 9.84 Å². The SMILES string of the molecule is CC.Cc1c(C)c(C)c2c(c1C)CCC(C)(CO)O2. The van der Waals surface area contributed by atoms with E-state index in [4.69, 9.17) is 4.74 Å². The van der Waals surface area contributed by atoms with E-state index in [1.54, 1.807) is 0 Å². The van der Waals surface area contributed by atoms with Crippen molar-refractivity contribution in [1.82, 2.24) is 0 Å². The maximum absolute atomic E-state index is 9.43. The molecule has 0 saturated carbocycles. The molecule has 2 nitrogen and oxygen atoms in total. The molecule has 0 aliphatic carbocycles. The number of fused-ring (bicyclic) bond motifs is 1. The van der Waals surface area contributed by atoms with Gasteiger partial charge in [0.15, 0.2) is 0 Å². The fourth-order valence-corrected chi connectivity index (χ4v) is 2.59. The van der Waals surface area contributed by atoms with Crippen LogP contribution in [0.25, 0.3) is 0 Å². The van der Waals surface area contributed by atoms with Crippen LogP contribution in [0.4, 0.5) is 0 Å². The van der Waals surface area contributed by atoms with E-state index in [-0.39, 0.29) is 6.61 Å². The highest BCUT2D eigenvalue weighted by molar-refractivity contribution is 5.55. The molecule has 0 bridgehead atoms. The first kappa shape index (κ1) is 16.0. The van der Waals surface area contributed by atoms with Crippen molar-refractivity contribution < 1.29 is 9.84 Å². The predicted molar refractivity (Wildman–Crippen MR) is 81.2 cm³/mol. The predicted octanol–water partition coefficient (Wildman–Crippen LogP) is 4.02. The lowest BCUT2D eigenvalue weighted by molar-refractivity contribution is 0.00727. The number of hydrogen-bond donors (Lipinski definition) is 1. The first-order valence-corrected chi connectivity index (χ1v) is 7.29. The molecule has 108 valence electrons. The smallest absolute Gasteiger partial charge is 0.129 e. The first-order valence-electron chi connectivity index (χ1n) is 7.29. The largest absolute Gasteiger partial charge is 0.485 e. The molecule has 1 atom stereocenters. The van der Waals surface area contributed by atoms with Gasteiger partial charge in [0.25, 0.3) is 0 Å². The van der Waals surface area contributed by atoms with Crippen LogP contribution in [0, 0.1) is 27.7 Å². The highest BCUT2D eigenvalue weighted by atomic mass is 16.5. The molecule has 19 heavy (non-hydrogen) atoms. The molecule has 1 aromatic rings. The minimum absolute atomic E-state index is 0.0812. The Balaban J connectivity index is 0.000000861. The van der Waals surface area contributed by atoms with Gasteiger partial charge in [-0.2, -0.15) is 0 Å². The average Bonchev–Trinajstić information content (AvgIpc) is 2.45. The lowest BCUT2D eigenvalue weighted by atomic mass is 9.85. The van der Waals surface area contributed by atoms with Gasteiger partial charge >= 0.3 is 0 Å². The molecular weight excluding hydrogens is 236 g/mol. The summed E-state index contributed by atoms with van der Waals surface area (Å²) in [7, 11) is 0. The van der Waals surface area contributed by atoms with E-state index in [9.17, 15) is 5.11 Å². The summed E-state index contributed by atoms with van der Waals surface area (Å²) < 4.78 is 6.07. The number of hydrogen-bond acceptors (Lipinski definition) is 2. The minimum Gasteiger partial charge on any atom is -0.485 e. The van der Waals surface area contributed by atoms with Gasteiger partial charge in [0, 0.05) is 0 Å². The topological polar surface area (TPSA) is 29.5 Å². The van der Waals surface area contributed by atoms with Gasteiger partial charge in [-0.15, -0.1) is 0 Å². The van der Waals surface area contributed by atoms with Gasteiger partial charge in [-0.05, 0) is 75.3 Å². The van der Waals surface area contributed by atoms with Crippen molar-refractivity contribution in [1.29, 1.82) is 0 Å². The van der Waals surface area contributed by atoms with Crippen molar-refractivity contribution in [2.24, 2.45) is 0 Å². The number of rotatable bonds is 1. The zero-order chi connectivity index (χ0) is 14.8. The Morgan fingerprint density at radius 2 is 1.53 bits per heavy atom. The molecule has 0 amide bonds. The van der Waals surface area contributed by atoms with Gasteiger partial charge in [0.1, 0.15) is 11.4 Å². The van der Waals surface area contributed by atoms with Crippen LogP contribution in [-0.2, 0) is 6.42 Å². The molecule has 0 spiro atoms. The summed E-state index contributed by atoms with van der Waals surface area (Å²) in [5.41, 5.74) is 6.18. The second kappa shape index (κ2) is 5.96. The standard InChI is InChI=1S/C15H22O2.C2H6/c1-9-10(2)12(4)14-13(11(9)3)6-7-15(5,8-16)17-14;1-2/h16H,6-8H2,1-5H3;1-2H3. The van der Waals surface area contributed by atoms with Crippen molar-refractivity contribution in [3.05, 3.63) is 27.8 Å². The van der Waals surface area contributed by atoms with Crippen LogP contribution in [-0.4, -0.2) is 17.3 Å². The van der Waals surface area contributed by atoms with Gasteiger partial charge in [-0.3, -0.25) is 0 Å². The molecule has 0 aromatic heterocycles. The maximum Gasteiger partial charge on any atom is 0.129 e. The van der Waals surface area contributed by atoms with Crippen molar-refractivity contribution in [3.8, 4) is 5.75 Å². The van der Waals surface area contributed by atoms with Gasteiger partial charge in [0.2, 0.25) is 0 Å². The molecule has 2 heteroatoms. The molecule has 1 heterocycles. The molecule has 0 radical (unpaired) electrons. The Bertz CT molecular complexity index is 463. The Morgan fingerprint density at radius 1 is 1.00 bits per heavy atom. The monoisotopic (exact) mass is 264 g/mol. The zero-order valence-electron chi connectivity index (χ0n) is 13.5. The van der Waals surface area contributed by atoms with Crippen LogP contribution in [0.3, 0.4) is 0 Å². The van der Waals surface area contributed by atoms with E-state index in [2.05, 4.69) is 27.7 Å². The van der Waals surface area contributed by atoms with Crippen LogP contribution < -0.4 is 4.74 Å². The van der Waals surface area contributed by atoms with Crippen LogP contribution >= 0.6 is 0 Å². The molecule has 1 N–H and O–H groups in total. The number of aliphatic hydroxyl groups excluding tert-OH is 1. The summed E-state index contributed by atoms with van der Waals surface area (Å²) in [6.07, 6.45) is 1.89. The second-order valence-electron chi connectivity index (χ2n) is 5.52. The number of ether oxygens (including phenoxy) is 1. The average molecular weight is 264 g/mol. The molecular formula is C17H28O2. The van der Waals surface area contributed by atoms with Crippen LogP contribution in [0.2, 0.25) is 0 Å².